The number of aromatic amines is 1. The van der Waals surface area contributed by atoms with Crippen molar-refractivity contribution in [2.24, 2.45) is 0 Å². The molecule has 7 nitrogen and oxygen atoms in total. The van der Waals surface area contributed by atoms with Crippen LogP contribution in [0.4, 0.5) is 9.18 Å². The number of rotatable bonds is 4. The van der Waals surface area contributed by atoms with Crippen molar-refractivity contribution in [3.05, 3.63) is 64.6 Å². The van der Waals surface area contributed by atoms with Crippen LogP contribution in [0, 0.1) is 12.7 Å². The van der Waals surface area contributed by atoms with E-state index < -0.39 is 11.6 Å². The van der Waals surface area contributed by atoms with Crippen LogP contribution in [0.3, 0.4) is 0 Å². The van der Waals surface area contributed by atoms with Crippen molar-refractivity contribution < 1.29 is 19.1 Å². The van der Waals surface area contributed by atoms with Gasteiger partial charge in [0.05, 0.1) is 0 Å². The number of aryl methyl sites for hydroxylation is 1. The maximum Gasteiger partial charge on any atom is 0.328 e. The summed E-state index contributed by atoms with van der Waals surface area (Å²) in [5.74, 6) is -0.565. The number of aromatic nitrogens is 1. The fourth-order valence-electron chi connectivity index (χ4n) is 5.45. The molecule has 3 amide bonds. The van der Waals surface area contributed by atoms with Crippen LogP contribution in [0.25, 0.3) is 10.9 Å². The van der Waals surface area contributed by atoms with Gasteiger partial charge >= 0.3 is 6.03 Å². The zero-order chi connectivity index (χ0) is 25.3. The van der Waals surface area contributed by atoms with Gasteiger partial charge in [0.25, 0.3) is 5.91 Å². The molecule has 0 spiro atoms. The van der Waals surface area contributed by atoms with E-state index in [2.05, 4.69) is 10.3 Å². The highest BCUT2D eigenvalue weighted by molar-refractivity contribution is 6.08. The first kappa shape index (κ1) is 23.4. The van der Waals surface area contributed by atoms with Gasteiger partial charge in [0, 0.05) is 41.6 Å². The Balaban J connectivity index is 1.67. The monoisotopic (exact) mass is 478 g/mol. The molecule has 2 aromatic carbocycles. The Hall–Kier alpha value is -3.39. The summed E-state index contributed by atoms with van der Waals surface area (Å²) in [7, 11) is 0. The van der Waals surface area contributed by atoms with Crippen molar-refractivity contribution >= 4 is 22.8 Å². The molecule has 35 heavy (non-hydrogen) atoms. The Bertz CT molecular complexity index is 1360. The van der Waals surface area contributed by atoms with Gasteiger partial charge < -0.3 is 15.4 Å². The molecule has 8 heteroatoms. The first-order valence-corrected chi connectivity index (χ1v) is 11.9. The van der Waals surface area contributed by atoms with Gasteiger partial charge in [-0.15, -0.1) is 0 Å². The zero-order valence-electron chi connectivity index (χ0n) is 20.7. The molecular formula is C27H31FN4O3. The Kier molecular flexibility index (Phi) is 5.21. The van der Waals surface area contributed by atoms with E-state index >= 15 is 4.39 Å². The van der Waals surface area contributed by atoms with Crippen LogP contribution in [0.15, 0.2) is 36.4 Å². The van der Waals surface area contributed by atoms with Crippen LogP contribution in [0.1, 0.15) is 56.1 Å². The molecule has 0 radical (unpaired) electrons. The molecule has 0 unspecified atom stereocenters. The third-order valence-corrected chi connectivity index (χ3v) is 7.14. The maximum absolute atomic E-state index is 15.4. The molecule has 5 rings (SSSR count). The molecule has 0 aliphatic carbocycles. The van der Waals surface area contributed by atoms with E-state index in [-0.39, 0.29) is 42.0 Å². The molecule has 2 aliphatic heterocycles. The Morgan fingerprint density at radius 2 is 1.97 bits per heavy atom. The number of halogens is 1. The molecule has 2 atom stereocenters. The number of imide groups is 1. The minimum atomic E-state index is -1.19. The lowest BCUT2D eigenvalue weighted by atomic mass is 9.81. The molecular weight excluding hydrogens is 447 g/mol. The third-order valence-electron chi connectivity index (χ3n) is 7.14. The predicted molar refractivity (Wildman–Crippen MR) is 132 cm³/mol. The lowest BCUT2D eigenvalue weighted by Gasteiger charge is -2.42. The number of benzene rings is 2. The summed E-state index contributed by atoms with van der Waals surface area (Å²) >= 11 is 0. The van der Waals surface area contributed by atoms with Crippen molar-refractivity contribution in [1.82, 2.24) is 20.1 Å². The summed E-state index contributed by atoms with van der Waals surface area (Å²) in [6.45, 7) is 10.2. The highest BCUT2D eigenvalue weighted by atomic mass is 19.1. The molecule has 3 N–H and O–H groups in total. The van der Waals surface area contributed by atoms with E-state index in [1.54, 1.807) is 43.0 Å². The Labute approximate surface area is 203 Å². The highest BCUT2D eigenvalue weighted by Gasteiger charge is 2.60. The molecule has 1 fully saturated rings. The van der Waals surface area contributed by atoms with Crippen LogP contribution in [-0.2, 0) is 11.2 Å². The van der Waals surface area contributed by atoms with Gasteiger partial charge in [0.1, 0.15) is 23.1 Å². The highest BCUT2D eigenvalue weighted by Crippen LogP contribution is 2.49. The van der Waals surface area contributed by atoms with Gasteiger partial charge in [-0.2, -0.15) is 0 Å². The van der Waals surface area contributed by atoms with E-state index in [4.69, 9.17) is 0 Å². The molecule has 3 heterocycles. The van der Waals surface area contributed by atoms with Crippen LogP contribution in [0.5, 0.6) is 5.75 Å². The average Bonchev–Trinajstić information content (AvgIpc) is 3.22. The Morgan fingerprint density at radius 3 is 2.66 bits per heavy atom. The number of phenols is 1. The van der Waals surface area contributed by atoms with Gasteiger partial charge in [-0.25, -0.2) is 9.18 Å². The summed E-state index contributed by atoms with van der Waals surface area (Å²) in [5.41, 5.74) is 1.82. The van der Waals surface area contributed by atoms with Crippen LogP contribution in [-0.4, -0.2) is 56.0 Å². The molecule has 0 saturated carbocycles. The minimum Gasteiger partial charge on any atom is -0.508 e. The van der Waals surface area contributed by atoms with Gasteiger partial charge in [-0.1, -0.05) is 18.2 Å². The number of fused-ring (bicyclic) bond motifs is 4. The van der Waals surface area contributed by atoms with E-state index in [9.17, 15) is 14.7 Å². The second kappa shape index (κ2) is 7.81. The summed E-state index contributed by atoms with van der Waals surface area (Å²) < 4.78 is 15.4. The SMILES string of the molecule is Cc1ccc2[nH]c3c(c2c1F)C[C@@]1(C)C(=O)N(CCNC(C)(C)C)C(=O)N1[C@@H]3c1cccc(O)c1. The van der Waals surface area contributed by atoms with Crippen LogP contribution >= 0.6 is 0 Å². The average molecular weight is 479 g/mol. The number of hydrogen-bond acceptors (Lipinski definition) is 4. The maximum atomic E-state index is 15.4. The summed E-state index contributed by atoms with van der Waals surface area (Å²) in [6, 6.07) is 9.14. The normalized spacial score (nSPS) is 22.2. The fourth-order valence-corrected chi connectivity index (χ4v) is 5.45. The first-order chi connectivity index (χ1) is 16.4. The van der Waals surface area contributed by atoms with Gasteiger partial charge in [0.15, 0.2) is 0 Å². The number of carbonyl (C=O) groups excluding carboxylic acids is 2. The summed E-state index contributed by atoms with van der Waals surface area (Å²) in [6.07, 6.45) is 0.200. The number of phenolic OH excluding ortho intramolecular Hbond substituents is 1. The largest absolute Gasteiger partial charge is 0.508 e. The number of urea groups is 1. The van der Waals surface area contributed by atoms with Crippen molar-refractivity contribution in [3.8, 4) is 5.75 Å². The molecule has 0 bridgehead atoms. The molecule has 184 valence electrons. The lowest BCUT2D eigenvalue weighted by molar-refractivity contribution is -0.133. The Morgan fingerprint density at radius 1 is 1.23 bits per heavy atom. The second-order valence-corrected chi connectivity index (χ2v) is 10.9. The smallest absolute Gasteiger partial charge is 0.328 e. The van der Waals surface area contributed by atoms with E-state index in [0.29, 0.717) is 39.8 Å². The second-order valence-electron chi connectivity index (χ2n) is 10.9. The molecule has 2 aliphatic rings. The van der Waals surface area contributed by atoms with Crippen LogP contribution < -0.4 is 5.32 Å². The number of aromatic hydroxyl groups is 1. The quantitative estimate of drug-likeness (QED) is 0.486. The number of carbonyl (C=O) groups is 2. The number of H-pyrrole nitrogens is 1. The summed E-state index contributed by atoms with van der Waals surface area (Å²) in [5, 5.41) is 14.0. The molecule has 3 aromatic rings. The van der Waals surface area contributed by atoms with Crippen LogP contribution in [0.2, 0.25) is 0 Å². The topological polar surface area (TPSA) is 88.7 Å². The van der Waals surface area contributed by atoms with Gasteiger partial charge in [-0.3, -0.25) is 14.6 Å². The number of hydrogen-bond donors (Lipinski definition) is 3. The fraction of sp³-hybridized carbons (Fsp3) is 0.407. The lowest BCUT2D eigenvalue weighted by Crippen LogP contribution is -2.53. The van der Waals surface area contributed by atoms with Crippen molar-refractivity contribution in [2.75, 3.05) is 13.1 Å². The standard InChI is InChI=1S/C27H31FN4O3/c1-15-9-10-19-20(21(15)28)18-14-27(5)24(34)31(12-11-29-26(2,3)4)25(35)32(27)23(22(18)30-19)16-7-6-8-17(33)13-16/h6-10,13,23,29-30,33H,11-12,14H2,1-5H3/t23-,27+/m1/s1. The zero-order valence-corrected chi connectivity index (χ0v) is 20.7. The number of nitrogens with one attached hydrogen (secondary N) is 2. The van der Waals surface area contributed by atoms with Crippen molar-refractivity contribution in [3.63, 3.8) is 0 Å². The van der Waals surface area contributed by atoms with Crippen molar-refractivity contribution in [2.45, 2.75) is 58.2 Å². The van der Waals surface area contributed by atoms with E-state index in [1.807, 2.05) is 32.9 Å². The predicted octanol–water partition coefficient (Wildman–Crippen LogP) is 4.38. The number of amides is 3. The number of nitrogens with zero attached hydrogens (tertiary/aromatic N) is 2. The van der Waals surface area contributed by atoms with E-state index in [0.717, 1.165) is 0 Å². The minimum absolute atomic E-state index is 0.0543. The van der Waals surface area contributed by atoms with Gasteiger partial charge in [0.2, 0.25) is 0 Å². The molecule has 1 aromatic heterocycles. The van der Waals surface area contributed by atoms with Gasteiger partial charge in [-0.05, 0) is 69.5 Å². The van der Waals surface area contributed by atoms with Crippen molar-refractivity contribution in [1.29, 1.82) is 0 Å². The molecule has 1 saturated heterocycles. The summed E-state index contributed by atoms with van der Waals surface area (Å²) in [4.78, 5) is 33.8. The third kappa shape index (κ3) is 3.58. The first-order valence-electron chi connectivity index (χ1n) is 11.9. The van der Waals surface area contributed by atoms with E-state index in [1.165, 1.54) is 4.90 Å².